The van der Waals surface area contributed by atoms with Gasteiger partial charge in [-0.05, 0) is 12.8 Å². The molecule has 138 valence electrons. The van der Waals surface area contributed by atoms with Gasteiger partial charge in [-0.3, -0.25) is 14.9 Å². The third-order valence-electron chi connectivity index (χ3n) is 4.17. The number of anilines is 1. The standard InChI is InChI=1S/C18H21N3O4S/c1-24-15(22)9-14-16(11-5-3-2-4-6-11)20-18(26-14)21-17(23)13-8-7-12(10-19)25-13/h2-6,12-13H,7-10,19H2,1H3,(H,20,21,23)/t12-,13+/m1/s1. The number of hydrogen-bond donors (Lipinski definition) is 2. The lowest BCUT2D eigenvalue weighted by atomic mass is 10.1. The molecule has 1 amide bonds. The van der Waals surface area contributed by atoms with E-state index in [0.29, 0.717) is 23.8 Å². The molecule has 1 aromatic carbocycles. The molecule has 7 nitrogen and oxygen atoms in total. The Morgan fingerprint density at radius 3 is 2.77 bits per heavy atom. The van der Waals surface area contributed by atoms with Crippen molar-refractivity contribution in [3.63, 3.8) is 0 Å². The van der Waals surface area contributed by atoms with Crippen molar-refractivity contribution in [3.05, 3.63) is 35.2 Å². The summed E-state index contributed by atoms with van der Waals surface area (Å²) in [6, 6.07) is 9.52. The van der Waals surface area contributed by atoms with E-state index in [0.717, 1.165) is 16.9 Å². The number of esters is 1. The number of ether oxygens (including phenoxy) is 2. The van der Waals surface area contributed by atoms with Gasteiger partial charge in [0.2, 0.25) is 0 Å². The average Bonchev–Trinajstić information content (AvgIpc) is 3.29. The van der Waals surface area contributed by atoms with Crippen LogP contribution in [0.1, 0.15) is 17.7 Å². The summed E-state index contributed by atoms with van der Waals surface area (Å²) in [5.41, 5.74) is 7.13. The molecule has 1 saturated heterocycles. The quantitative estimate of drug-likeness (QED) is 0.748. The Morgan fingerprint density at radius 1 is 1.35 bits per heavy atom. The van der Waals surface area contributed by atoms with Crippen LogP contribution in [0.15, 0.2) is 30.3 Å². The third-order valence-corrected chi connectivity index (χ3v) is 5.14. The maximum Gasteiger partial charge on any atom is 0.310 e. The van der Waals surface area contributed by atoms with E-state index in [2.05, 4.69) is 10.3 Å². The Kier molecular flexibility index (Phi) is 5.97. The van der Waals surface area contributed by atoms with E-state index in [9.17, 15) is 9.59 Å². The van der Waals surface area contributed by atoms with Gasteiger partial charge in [0.05, 0.1) is 25.3 Å². The first kappa shape index (κ1) is 18.5. The largest absolute Gasteiger partial charge is 0.469 e. The van der Waals surface area contributed by atoms with E-state index in [4.69, 9.17) is 15.2 Å². The number of benzene rings is 1. The molecule has 2 aromatic rings. The number of hydrogen-bond acceptors (Lipinski definition) is 7. The first-order valence-electron chi connectivity index (χ1n) is 8.39. The molecule has 0 unspecified atom stereocenters. The maximum absolute atomic E-state index is 12.4. The molecule has 0 spiro atoms. The van der Waals surface area contributed by atoms with Gasteiger partial charge in [-0.2, -0.15) is 0 Å². The van der Waals surface area contributed by atoms with E-state index in [1.807, 2.05) is 30.3 Å². The summed E-state index contributed by atoms with van der Waals surface area (Å²) in [7, 11) is 1.35. The minimum Gasteiger partial charge on any atom is -0.469 e. The van der Waals surface area contributed by atoms with Crippen LogP contribution in [0.3, 0.4) is 0 Å². The zero-order chi connectivity index (χ0) is 18.5. The predicted octanol–water partition coefficient (Wildman–Crippen LogP) is 1.97. The summed E-state index contributed by atoms with van der Waals surface area (Å²) in [6.45, 7) is 0.405. The molecule has 0 aliphatic carbocycles. The topological polar surface area (TPSA) is 104 Å². The van der Waals surface area contributed by atoms with Gasteiger partial charge < -0.3 is 15.2 Å². The smallest absolute Gasteiger partial charge is 0.310 e. The predicted molar refractivity (Wildman–Crippen MR) is 98.8 cm³/mol. The van der Waals surface area contributed by atoms with E-state index in [1.54, 1.807) is 0 Å². The number of nitrogens with one attached hydrogen (secondary N) is 1. The summed E-state index contributed by atoms with van der Waals surface area (Å²) in [5.74, 6) is -0.590. The van der Waals surface area contributed by atoms with Crippen LogP contribution in [0.4, 0.5) is 5.13 Å². The van der Waals surface area contributed by atoms with Crippen molar-refractivity contribution < 1.29 is 19.1 Å². The van der Waals surface area contributed by atoms with Crippen LogP contribution in [0.2, 0.25) is 0 Å². The number of amides is 1. The highest BCUT2D eigenvalue weighted by molar-refractivity contribution is 7.16. The van der Waals surface area contributed by atoms with Gasteiger partial charge in [0.1, 0.15) is 6.10 Å². The molecular weight excluding hydrogens is 354 g/mol. The summed E-state index contributed by atoms with van der Waals surface area (Å²) in [5, 5.41) is 3.24. The fraction of sp³-hybridized carbons (Fsp3) is 0.389. The molecule has 3 rings (SSSR count). The second kappa shape index (κ2) is 8.39. The first-order chi connectivity index (χ1) is 12.6. The van der Waals surface area contributed by atoms with Crippen LogP contribution in [0, 0.1) is 0 Å². The average molecular weight is 375 g/mol. The molecule has 0 bridgehead atoms. The summed E-state index contributed by atoms with van der Waals surface area (Å²) in [4.78, 5) is 29.4. The Hall–Kier alpha value is -2.29. The molecule has 0 saturated carbocycles. The number of methoxy groups -OCH3 is 1. The number of aromatic nitrogens is 1. The third kappa shape index (κ3) is 4.27. The van der Waals surface area contributed by atoms with Gasteiger partial charge in [0.15, 0.2) is 5.13 Å². The van der Waals surface area contributed by atoms with Gasteiger partial charge in [-0.25, -0.2) is 4.98 Å². The van der Waals surface area contributed by atoms with Crippen LogP contribution in [0.25, 0.3) is 11.3 Å². The number of rotatable bonds is 6. The highest BCUT2D eigenvalue weighted by atomic mass is 32.1. The van der Waals surface area contributed by atoms with Crippen molar-refractivity contribution in [3.8, 4) is 11.3 Å². The van der Waals surface area contributed by atoms with Crippen LogP contribution >= 0.6 is 11.3 Å². The SMILES string of the molecule is COC(=O)Cc1sc(NC(=O)[C@@H]2CC[C@H](CN)O2)nc1-c1ccccc1. The number of nitrogens with two attached hydrogens (primary N) is 1. The van der Waals surface area contributed by atoms with Crippen LogP contribution < -0.4 is 11.1 Å². The van der Waals surface area contributed by atoms with E-state index < -0.39 is 6.10 Å². The first-order valence-corrected chi connectivity index (χ1v) is 9.20. The molecule has 26 heavy (non-hydrogen) atoms. The van der Waals surface area contributed by atoms with Gasteiger partial charge >= 0.3 is 5.97 Å². The fourth-order valence-electron chi connectivity index (χ4n) is 2.81. The number of thiazole rings is 1. The lowest BCUT2D eigenvalue weighted by molar-refractivity contribution is -0.139. The molecule has 2 atom stereocenters. The monoisotopic (exact) mass is 375 g/mol. The van der Waals surface area contributed by atoms with E-state index in [1.165, 1.54) is 18.4 Å². The van der Waals surface area contributed by atoms with Gasteiger partial charge in [-0.15, -0.1) is 11.3 Å². The molecular formula is C18H21N3O4S. The Morgan fingerprint density at radius 2 is 2.12 bits per heavy atom. The van der Waals surface area contributed by atoms with Crippen LogP contribution in [0.5, 0.6) is 0 Å². The van der Waals surface area contributed by atoms with Crippen LogP contribution in [-0.4, -0.2) is 42.7 Å². The Labute approximate surface area is 155 Å². The molecule has 1 aliphatic rings. The van der Waals surface area contributed by atoms with Crippen molar-refractivity contribution >= 4 is 28.3 Å². The highest BCUT2D eigenvalue weighted by Gasteiger charge is 2.30. The molecule has 1 aliphatic heterocycles. The van der Waals surface area contributed by atoms with E-state index in [-0.39, 0.29) is 24.4 Å². The van der Waals surface area contributed by atoms with Crippen molar-refractivity contribution in [1.29, 1.82) is 0 Å². The van der Waals surface area contributed by atoms with Gasteiger partial charge in [0.25, 0.3) is 5.91 Å². The molecule has 1 fully saturated rings. The molecule has 8 heteroatoms. The fourth-order valence-corrected chi connectivity index (χ4v) is 3.78. The Bertz CT molecular complexity index is 778. The minimum atomic E-state index is -0.517. The van der Waals surface area contributed by atoms with Crippen molar-refractivity contribution in [2.75, 3.05) is 19.0 Å². The van der Waals surface area contributed by atoms with Crippen molar-refractivity contribution in [2.24, 2.45) is 5.73 Å². The van der Waals surface area contributed by atoms with Gasteiger partial charge in [-0.1, -0.05) is 30.3 Å². The maximum atomic E-state index is 12.4. The lowest BCUT2D eigenvalue weighted by Crippen LogP contribution is -2.29. The zero-order valence-corrected chi connectivity index (χ0v) is 15.3. The van der Waals surface area contributed by atoms with Crippen molar-refractivity contribution in [2.45, 2.75) is 31.5 Å². The number of carbonyl (C=O) groups excluding carboxylic acids is 2. The summed E-state index contributed by atoms with van der Waals surface area (Å²) < 4.78 is 10.4. The summed E-state index contributed by atoms with van der Waals surface area (Å²) in [6.07, 6.45) is 0.923. The van der Waals surface area contributed by atoms with Crippen LogP contribution in [-0.2, 0) is 25.5 Å². The summed E-state index contributed by atoms with van der Waals surface area (Å²) >= 11 is 1.27. The second-order valence-corrected chi connectivity index (χ2v) is 7.04. The van der Waals surface area contributed by atoms with E-state index >= 15 is 0 Å². The number of nitrogens with zero attached hydrogens (tertiary/aromatic N) is 1. The zero-order valence-electron chi connectivity index (χ0n) is 14.4. The Balaban J connectivity index is 1.79. The van der Waals surface area contributed by atoms with Gasteiger partial charge in [0, 0.05) is 17.0 Å². The molecule has 3 N–H and O–H groups in total. The highest BCUT2D eigenvalue weighted by Crippen LogP contribution is 2.32. The minimum absolute atomic E-state index is 0.0724. The van der Waals surface area contributed by atoms with Crippen molar-refractivity contribution in [1.82, 2.24) is 4.98 Å². The second-order valence-electron chi connectivity index (χ2n) is 5.96. The molecule has 2 heterocycles. The normalized spacial score (nSPS) is 19.3. The number of carbonyl (C=O) groups is 2. The lowest BCUT2D eigenvalue weighted by Gasteiger charge is -2.11. The molecule has 1 aromatic heterocycles. The molecule has 0 radical (unpaired) electrons.